The third-order valence-electron chi connectivity index (χ3n) is 3.03. The lowest BCUT2D eigenvalue weighted by molar-refractivity contribution is -0.147. The lowest BCUT2D eigenvalue weighted by Crippen LogP contribution is -2.18. The molecule has 1 aliphatic carbocycles. The maximum absolute atomic E-state index is 11.7. The molecule has 1 unspecified atom stereocenters. The van der Waals surface area contributed by atoms with Gasteiger partial charge in [-0.05, 0) is 30.9 Å². The molecule has 0 saturated carbocycles. The second kappa shape index (κ2) is 6.80. The fourth-order valence-corrected chi connectivity index (χ4v) is 2.00. The molecule has 18 heavy (non-hydrogen) atoms. The van der Waals surface area contributed by atoms with Gasteiger partial charge in [0.1, 0.15) is 6.61 Å². The Morgan fingerprint density at radius 2 is 2.11 bits per heavy atom. The Balaban J connectivity index is 1.73. The van der Waals surface area contributed by atoms with Crippen LogP contribution >= 0.6 is 0 Å². The Bertz CT molecular complexity index is 432. The summed E-state index contributed by atoms with van der Waals surface area (Å²) < 4.78 is 5.24. The first-order valence-electron chi connectivity index (χ1n) is 6.39. The van der Waals surface area contributed by atoms with Crippen LogP contribution in [0.1, 0.15) is 24.8 Å². The summed E-state index contributed by atoms with van der Waals surface area (Å²) in [7, 11) is 0. The van der Waals surface area contributed by atoms with Gasteiger partial charge < -0.3 is 4.74 Å². The zero-order valence-electron chi connectivity index (χ0n) is 10.4. The third-order valence-corrected chi connectivity index (χ3v) is 3.03. The molecule has 2 rings (SSSR count). The van der Waals surface area contributed by atoms with Crippen molar-refractivity contribution < 1.29 is 9.53 Å². The van der Waals surface area contributed by atoms with Crippen LogP contribution in [0.2, 0.25) is 0 Å². The van der Waals surface area contributed by atoms with Crippen molar-refractivity contribution in [1.82, 2.24) is 0 Å². The maximum atomic E-state index is 11.7. The maximum Gasteiger partial charge on any atom is 0.309 e. The second-order valence-electron chi connectivity index (χ2n) is 4.42. The predicted octanol–water partition coefficient (Wildman–Crippen LogP) is 3.60. The molecule has 0 amide bonds. The standard InChI is InChI=1S/C16H18O2/c17-16(15-11-5-2-6-12-15)18-13-7-10-14-8-3-1-4-9-14/h1-5,7-10,15H,6,11-13H2. The predicted molar refractivity (Wildman–Crippen MR) is 72.9 cm³/mol. The Morgan fingerprint density at radius 3 is 2.83 bits per heavy atom. The molecule has 0 aliphatic heterocycles. The van der Waals surface area contributed by atoms with Gasteiger partial charge in [0.15, 0.2) is 0 Å². The highest BCUT2D eigenvalue weighted by Crippen LogP contribution is 2.19. The number of carbonyl (C=O) groups excluding carboxylic acids is 1. The van der Waals surface area contributed by atoms with Crippen LogP contribution in [0.15, 0.2) is 48.6 Å². The van der Waals surface area contributed by atoms with E-state index in [1.54, 1.807) is 0 Å². The van der Waals surface area contributed by atoms with Crippen LogP contribution in [0.25, 0.3) is 6.08 Å². The van der Waals surface area contributed by atoms with Crippen molar-refractivity contribution in [3.05, 3.63) is 54.1 Å². The lowest BCUT2D eigenvalue weighted by Gasteiger charge is -2.15. The van der Waals surface area contributed by atoms with Gasteiger partial charge in [-0.1, -0.05) is 48.6 Å². The molecule has 94 valence electrons. The van der Waals surface area contributed by atoms with Gasteiger partial charge in [-0.25, -0.2) is 0 Å². The summed E-state index contributed by atoms with van der Waals surface area (Å²) in [4.78, 5) is 11.7. The van der Waals surface area contributed by atoms with E-state index in [1.165, 1.54) is 0 Å². The summed E-state index contributed by atoms with van der Waals surface area (Å²) in [5.74, 6) is -0.0165. The first-order chi connectivity index (χ1) is 8.86. The van der Waals surface area contributed by atoms with E-state index in [0.29, 0.717) is 6.61 Å². The molecule has 0 bridgehead atoms. The molecule has 1 aromatic rings. The van der Waals surface area contributed by atoms with Crippen molar-refractivity contribution in [2.75, 3.05) is 6.61 Å². The molecule has 0 N–H and O–H groups in total. The van der Waals surface area contributed by atoms with Gasteiger partial charge in [0.05, 0.1) is 5.92 Å². The molecule has 1 atom stereocenters. The minimum absolute atomic E-state index is 0.0557. The third kappa shape index (κ3) is 3.88. The van der Waals surface area contributed by atoms with Crippen molar-refractivity contribution in [2.24, 2.45) is 5.92 Å². The van der Waals surface area contributed by atoms with Crippen LogP contribution in [0.4, 0.5) is 0 Å². The summed E-state index contributed by atoms with van der Waals surface area (Å²) >= 11 is 0. The number of benzene rings is 1. The zero-order chi connectivity index (χ0) is 12.6. The van der Waals surface area contributed by atoms with E-state index in [2.05, 4.69) is 12.2 Å². The minimum Gasteiger partial charge on any atom is -0.461 e. The number of carbonyl (C=O) groups is 1. The highest BCUT2D eigenvalue weighted by atomic mass is 16.5. The quantitative estimate of drug-likeness (QED) is 0.595. The number of hydrogen-bond acceptors (Lipinski definition) is 2. The van der Waals surface area contributed by atoms with Crippen LogP contribution in [0, 0.1) is 5.92 Å². The van der Waals surface area contributed by atoms with E-state index in [1.807, 2.05) is 42.5 Å². The first-order valence-corrected chi connectivity index (χ1v) is 6.39. The van der Waals surface area contributed by atoms with Gasteiger partial charge in [0.2, 0.25) is 0 Å². The molecular formula is C16H18O2. The van der Waals surface area contributed by atoms with Crippen molar-refractivity contribution in [3.63, 3.8) is 0 Å². The summed E-state index contributed by atoms with van der Waals surface area (Å²) in [6.45, 7) is 0.355. The molecule has 0 radical (unpaired) electrons. The molecule has 0 fully saturated rings. The Labute approximate surface area is 108 Å². The average Bonchev–Trinajstić information content (AvgIpc) is 2.45. The SMILES string of the molecule is O=C(OCC=Cc1ccccc1)C1CC=CCC1. The zero-order valence-corrected chi connectivity index (χ0v) is 10.4. The fourth-order valence-electron chi connectivity index (χ4n) is 2.00. The number of hydrogen-bond donors (Lipinski definition) is 0. The molecule has 2 nitrogen and oxygen atoms in total. The van der Waals surface area contributed by atoms with Crippen LogP contribution in [-0.2, 0) is 9.53 Å². The van der Waals surface area contributed by atoms with Gasteiger partial charge in [0, 0.05) is 0 Å². The van der Waals surface area contributed by atoms with Crippen molar-refractivity contribution in [3.8, 4) is 0 Å². The van der Waals surface area contributed by atoms with E-state index in [0.717, 1.165) is 24.8 Å². The van der Waals surface area contributed by atoms with E-state index in [-0.39, 0.29) is 11.9 Å². The van der Waals surface area contributed by atoms with Gasteiger partial charge in [0.25, 0.3) is 0 Å². The van der Waals surface area contributed by atoms with Crippen LogP contribution in [0.3, 0.4) is 0 Å². The fraction of sp³-hybridized carbons (Fsp3) is 0.312. The van der Waals surface area contributed by atoms with Crippen LogP contribution < -0.4 is 0 Å². The molecule has 0 spiro atoms. The monoisotopic (exact) mass is 242 g/mol. The Hall–Kier alpha value is -1.83. The van der Waals surface area contributed by atoms with Gasteiger partial charge in [-0.3, -0.25) is 4.79 Å². The van der Waals surface area contributed by atoms with Gasteiger partial charge >= 0.3 is 5.97 Å². The summed E-state index contributed by atoms with van der Waals surface area (Å²) in [5, 5.41) is 0. The smallest absolute Gasteiger partial charge is 0.309 e. The highest BCUT2D eigenvalue weighted by Gasteiger charge is 2.19. The van der Waals surface area contributed by atoms with E-state index >= 15 is 0 Å². The van der Waals surface area contributed by atoms with Crippen molar-refractivity contribution in [1.29, 1.82) is 0 Å². The number of rotatable bonds is 4. The van der Waals surface area contributed by atoms with Crippen LogP contribution in [-0.4, -0.2) is 12.6 Å². The minimum atomic E-state index is -0.0722. The number of ether oxygens (including phenoxy) is 1. The van der Waals surface area contributed by atoms with Gasteiger partial charge in [-0.15, -0.1) is 0 Å². The Morgan fingerprint density at radius 1 is 1.28 bits per heavy atom. The topological polar surface area (TPSA) is 26.3 Å². The van der Waals surface area contributed by atoms with E-state index in [4.69, 9.17) is 4.74 Å². The molecule has 2 heteroatoms. The van der Waals surface area contributed by atoms with Crippen molar-refractivity contribution in [2.45, 2.75) is 19.3 Å². The van der Waals surface area contributed by atoms with Crippen LogP contribution in [0.5, 0.6) is 0 Å². The Kier molecular flexibility index (Phi) is 4.77. The first kappa shape index (κ1) is 12.6. The van der Waals surface area contributed by atoms with E-state index < -0.39 is 0 Å². The molecule has 0 heterocycles. The van der Waals surface area contributed by atoms with E-state index in [9.17, 15) is 4.79 Å². The summed E-state index contributed by atoms with van der Waals surface area (Å²) in [5.41, 5.74) is 1.12. The summed E-state index contributed by atoms with van der Waals surface area (Å²) in [6, 6.07) is 9.99. The average molecular weight is 242 g/mol. The highest BCUT2D eigenvalue weighted by molar-refractivity contribution is 5.73. The van der Waals surface area contributed by atoms with Gasteiger partial charge in [-0.2, -0.15) is 0 Å². The molecule has 1 aliphatic rings. The molecule has 1 aromatic carbocycles. The molecule has 0 aromatic heterocycles. The normalized spacial score (nSPS) is 19.0. The largest absolute Gasteiger partial charge is 0.461 e. The number of allylic oxidation sites excluding steroid dienone is 2. The summed E-state index contributed by atoms with van der Waals surface area (Å²) in [6.07, 6.45) is 10.8. The second-order valence-corrected chi connectivity index (χ2v) is 4.42. The lowest BCUT2D eigenvalue weighted by atomic mass is 9.95. The number of esters is 1. The van der Waals surface area contributed by atoms with Crippen molar-refractivity contribution >= 4 is 12.0 Å². The molecular weight excluding hydrogens is 224 g/mol. The molecule has 0 saturated heterocycles.